The molecule has 0 atom stereocenters. The van der Waals surface area contributed by atoms with Crippen LogP contribution in [-0.4, -0.2) is 4.57 Å². The van der Waals surface area contributed by atoms with Crippen LogP contribution in [0.15, 0.2) is 114 Å². The molecule has 3 heteroatoms. The van der Waals surface area contributed by atoms with Crippen LogP contribution < -0.4 is 4.57 Å². The van der Waals surface area contributed by atoms with Crippen LogP contribution in [0.5, 0.6) is 0 Å². The predicted octanol–water partition coefficient (Wildman–Crippen LogP) is 11.9. The largest absolute Gasteiger partial charge is 0.455 e. The third kappa shape index (κ3) is 4.89. The van der Waals surface area contributed by atoms with E-state index in [2.05, 4.69) is 132 Å². The van der Waals surface area contributed by atoms with Crippen molar-refractivity contribution in [3.05, 3.63) is 120 Å². The van der Waals surface area contributed by atoms with Gasteiger partial charge < -0.3 is 4.42 Å². The van der Waals surface area contributed by atoms with Crippen molar-refractivity contribution in [2.75, 3.05) is 0 Å². The van der Waals surface area contributed by atoms with Crippen molar-refractivity contribution >= 4 is 33.0 Å². The SMILES string of the molecule is Cc1ccc2c(oc3cccc(-c4ccccc4)c32)c1-c1n(-c2ccc(C3CCC(C4CCCCC4)CC3)cc2)c2ccccc2[n+]1C. The molecule has 0 unspecified atom stereocenters. The third-order valence-electron chi connectivity index (χ3n) is 11.9. The molecule has 2 fully saturated rings. The van der Waals surface area contributed by atoms with Gasteiger partial charge in [-0.15, -0.1) is 0 Å². The van der Waals surface area contributed by atoms with Gasteiger partial charge in [-0.05, 0) is 103 Å². The van der Waals surface area contributed by atoms with Crippen molar-refractivity contribution in [1.82, 2.24) is 4.57 Å². The molecule has 3 nitrogen and oxygen atoms in total. The number of furan rings is 1. The summed E-state index contributed by atoms with van der Waals surface area (Å²) in [7, 11) is 2.20. The molecule has 2 aliphatic rings. The minimum absolute atomic E-state index is 0.682. The van der Waals surface area contributed by atoms with E-state index in [0.717, 1.165) is 39.8 Å². The van der Waals surface area contributed by atoms with Crippen molar-refractivity contribution in [2.45, 2.75) is 70.6 Å². The first-order valence-corrected chi connectivity index (χ1v) is 18.3. The maximum absolute atomic E-state index is 6.85. The number of aryl methyl sites for hydroxylation is 2. The molecule has 2 saturated carbocycles. The van der Waals surface area contributed by atoms with Crippen molar-refractivity contribution in [2.24, 2.45) is 18.9 Å². The summed E-state index contributed by atoms with van der Waals surface area (Å²) in [6, 6.07) is 40.0. The molecule has 0 saturated heterocycles. The average Bonchev–Trinajstić information content (AvgIpc) is 3.67. The van der Waals surface area contributed by atoms with Crippen LogP contribution in [0, 0.1) is 18.8 Å². The third-order valence-corrected chi connectivity index (χ3v) is 11.9. The fraction of sp³-hybridized carbons (Fsp3) is 0.311. The van der Waals surface area contributed by atoms with Crippen molar-refractivity contribution < 1.29 is 8.98 Å². The second-order valence-electron chi connectivity index (χ2n) is 14.6. The molecule has 2 heterocycles. The molecular formula is C45H45N2O+. The van der Waals surface area contributed by atoms with Crippen LogP contribution >= 0.6 is 0 Å². The van der Waals surface area contributed by atoms with Crippen LogP contribution in [0.1, 0.15) is 74.8 Å². The Kier molecular flexibility index (Phi) is 7.45. The Morgan fingerprint density at radius 1 is 0.667 bits per heavy atom. The molecule has 0 spiro atoms. The zero-order valence-electron chi connectivity index (χ0n) is 28.3. The highest BCUT2D eigenvalue weighted by molar-refractivity contribution is 6.15. The van der Waals surface area contributed by atoms with Crippen molar-refractivity contribution in [3.63, 3.8) is 0 Å². The molecule has 0 N–H and O–H groups in total. The summed E-state index contributed by atoms with van der Waals surface area (Å²) in [6.07, 6.45) is 12.8. The number of rotatable bonds is 5. The van der Waals surface area contributed by atoms with Gasteiger partial charge in [-0.1, -0.05) is 111 Å². The summed E-state index contributed by atoms with van der Waals surface area (Å²) in [5.41, 5.74) is 11.7. The Hall–Kier alpha value is -4.63. The molecule has 0 bridgehead atoms. The van der Waals surface area contributed by atoms with Gasteiger partial charge in [-0.3, -0.25) is 0 Å². The van der Waals surface area contributed by atoms with Crippen LogP contribution in [0.4, 0.5) is 0 Å². The van der Waals surface area contributed by atoms with E-state index in [0.29, 0.717) is 5.92 Å². The summed E-state index contributed by atoms with van der Waals surface area (Å²) < 4.78 is 11.6. The van der Waals surface area contributed by atoms with Gasteiger partial charge in [-0.2, -0.15) is 4.57 Å². The lowest BCUT2D eigenvalue weighted by molar-refractivity contribution is -0.633. The second-order valence-corrected chi connectivity index (χ2v) is 14.6. The van der Waals surface area contributed by atoms with Crippen LogP contribution in [0.2, 0.25) is 0 Å². The van der Waals surface area contributed by atoms with Crippen LogP contribution in [-0.2, 0) is 7.05 Å². The minimum Gasteiger partial charge on any atom is -0.455 e. The van der Waals surface area contributed by atoms with Gasteiger partial charge in [0.2, 0.25) is 0 Å². The molecule has 0 amide bonds. The molecule has 2 aromatic heterocycles. The number of hydrogen-bond acceptors (Lipinski definition) is 1. The molecule has 240 valence electrons. The van der Waals surface area contributed by atoms with E-state index in [4.69, 9.17) is 4.42 Å². The summed E-state index contributed by atoms with van der Waals surface area (Å²) in [5, 5.41) is 2.33. The van der Waals surface area contributed by atoms with Gasteiger partial charge in [0.05, 0.1) is 7.05 Å². The maximum atomic E-state index is 6.85. The molecule has 48 heavy (non-hydrogen) atoms. The first-order chi connectivity index (χ1) is 23.7. The highest BCUT2D eigenvalue weighted by Crippen LogP contribution is 2.44. The lowest BCUT2D eigenvalue weighted by atomic mass is 9.70. The number of imidazole rings is 1. The minimum atomic E-state index is 0.682. The number of nitrogens with zero attached hydrogens (tertiary/aromatic N) is 2. The Bertz CT molecular complexity index is 2240. The Balaban J connectivity index is 1.14. The molecule has 5 aromatic carbocycles. The number of hydrogen-bond donors (Lipinski definition) is 0. The van der Waals surface area contributed by atoms with E-state index in [-0.39, 0.29) is 0 Å². The normalized spacial score (nSPS) is 19.0. The summed E-state index contributed by atoms with van der Waals surface area (Å²) in [6.45, 7) is 2.22. The quantitative estimate of drug-likeness (QED) is 0.174. The standard InChI is InChI=1S/C45H45N2O/c1-30-20-29-38-43-37(35-14-7-4-8-15-35)16-11-19-41(43)48-44(38)42(30)45-46(2)39-17-9-10-18-40(39)47(45)36-27-25-34(26-28-36)33-23-21-32(22-24-33)31-12-5-3-6-13-31/h4,7-11,14-20,25-29,31-33H,3,5-6,12-13,21-24H2,1-2H3/q+1. The maximum Gasteiger partial charge on any atom is 0.298 e. The summed E-state index contributed by atoms with van der Waals surface area (Å²) in [4.78, 5) is 0. The van der Waals surface area contributed by atoms with E-state index in [1.165, 1.54) is 102 Å². The molecule has 2 aliphatic carbocycles. The molecule has 0 radical (unpaired) electrons. The number of benzene rings is 5. The first kappa shape index (κ1) is 29.5. The van der Waals surface area contributed by atoms with Crippen molar-refractivity contribution in [1.29, 1.82) is 0 Å². The molecule has 7 aromatic rings. The summed E-state index contributed by atoms with van der Waals surface area (Å²) >= 11 is 0. The summed E-state index contributed by atoms with van der Waals surface area (Å²) in [5.74, 6) is 3.78. The molecule has 0 aliphatic heterocycles. The van der Waals surface area contributed by atoms with E-state index in [1.807, 2.05) is 0 Å². The first-order valence-electron chi connectivity index (χ1n) is 18.3. The lowest BCUT2D eigenvalue weighted by Gasteiger charge is -2.36. The van der Waals surface area contributed by atoms with E-state index in [9.17, 15) is 0 Å². The van der Waals surface area contributed by atoms with Crippen LogP contribution in [0.25, 0.3) is 61.2 Å². The number of aromatic nitrogens is 2. The van der Waals surface area contributed by atoms with E-state index in [1.54, 1.807) is 0 Å². The van der Waals surface area contributed by atoms with Gasteiger partial charge in [0.25, 0.3) is 5.82 Å². The fourth-order valence-electron chi connectivity index (χ4n) is 9.41. The topological polar surface area (TPSA) is 21.9 Å². The van der Waals surface area contributed by atoms with E-state index >= 15 is 0 Å². The zero-order valence-corrected chi connectivity index (χ0v) is 28.3. The Labute approximate surface area is 283 Å². The molecular weight excluding hydrogens is 585 g/mol. The highest BCUT2D eigenvalue weighted by atomic mass is 16.3. The van der Waals surface area contributed by atoms with Crippen molar-refractivity contribution in [3.8, 4) is 28.2 Å². The van der Waals surface area contributed by atoms with Gasteiger partial charge >= 0.3 is 0 Å². The average molecular weight is 630 g/mol. The monoisotopic (exact) mass is 629 g/mol. The smallest absolute Gasteiger partial charge is 0.298 e. The highest BCUT2D eigenvalue weighted by Gasteiger charge is 2.32. The van der Waals surface area contributed by atoms with Gasteiger partial charge in [0.15, 0.2) is 16.6 Å². The second kappa shape index (κ2) is 12.1. The van der Waals surface area contributed by atoms with Gasteiger partial charge in [0, 0.05) is 10.8 Å². The van der Waals surface area contributed by atoms with Crippen LogP contribution in [0.3, 0.4) is 0 Å². The zero-order chi connectivity index (χ0) is 32.2. The Morgan fingerprint density at radius 3 is 2.19 bits per heavy atom. The lowest BCUT2D eigenvalue weighted by Crippen LogP contribution is -2.30. The predicted molar refractivity (Wildman–Crippen MR) is 199 cm³/mol. The van der Waals surface area contributed by atoms with Gasteiger partial charge in [-0.25, -0.2) is 4.57 Å². The van der Waals surface area contributed by atoms with Gasteiger partial charge in [0.1, 0.15) is 16.8 Å². The fourth-order valence-corrected chi connectivity index (χ4v) is 9.41. The molecule has 9 rings (SSSR count). The Morgan fingerprint density at radius 2 is 1.40 bits per heavy atom. The number of para-hydroxylation sites is 2. The number of fused-ring (bicyclic) bond motifs is 4. The van der Waals surface area contributed by atoms with E-state index < -0.39 is 0 Å².